The third-order valence-corrected chi connectivity index (χ3v) is 4.18. The maximum absolute atomic E-state index is 11.7. The molecule has 88 valence electrons. The number of nitrogens with zero attached hydrogens (tertiary/aromatic N) is 1. The summed E-state index contributed by atoms with van der Waals surface area (Å²) in [5.41, 5.74) is 1.65. The van der Waals surface area contributed by atoms with Gasteiger partial charge in [-0.1, -0.05) is 30.3 Å². The van der Waals surface area contributed by atoms with E-state index in [-0.39, 0.29) is 5.25 Å². The molecule has 0 saturated heterocycles. The van der Waals surface area contributed by atoms with Gasteiger partial charge in [0.1, 0.15) is 11.3 Å². The summed E-state index contributed by atoms with van der Waals surface area (Å²) in [6, 6.07) is 7.68. The molecule has 1 aliphatic rings. The Hall–Kier alpha value is -1.29. The highest BCUT2D eigenvalue weighted by molar-refractivity contribution is 8.00. The zero-order chi connectivity index (χ0) is 11.7. The molecule has 1 heterocycles. The van der Waals surface area contributed by atoms with E-state index in [4.69, 9.17) is 4.42 Å². The fourth-order valence-corrected chi connectivity index (χ4v) is 3.16. The predicted octanol–water partition coefficient (Wildman–Crippen LogP) is 3.43. The highest BCUT2D eigenvalue weighted by Gasteiger charge is 2.25. The Labute approximate surface area is 104 Å². The van der Waals surface area contributed by atoms with Gasteiger partial charge in [-0.05, 0) is 25.0 Å². The largest absolute Gasteiger partial charge is 0.431 e. The van der Waals surface area contributed by atoms with Crippen LogP contribution in [-0.4, -0.2) is 16.0 Å². The smallest absolute Gasteiger partial charge is 0.257 e. The van der Waals surface area contributed by atoms with Gasteiger partial charge in [0, 0.05) is 6.42 Å². The molecule has 1 aliphatic carbocycles. The first kappa shape index (κ1) is 10.8. The topological polar surface area (TPSA) is 43.1 Å². The number of Topliss-reactive ketones (excluding diaryl/α,β-unsaturated/α-hetero) is 1. The molecule has 2 aromatic rings. The second-order valence-electron chi connectivity index (χ2n) is 4.27. The van der Waals surface area contributed by atoms with Crippen LogP contribution in [0.2, 0.25) is 0 Å². The molecule has 0 radical (unpaired) electrons. The van der Waals surface area contributed by atoms with E-state index < -0.39 is 0 Å². The van der Waals surface area contributed by atoms with Crippen LogP contribution in [0.25, 0.3) is 11.1 Å². The molecule has 1 atom stereocenters. The third kappa shape index (κ3) is 2.22. The van der Waals surface area contributed by atoms with Gasteiger partial charge in [-0.2, -0.15) is 0 Å². The SMILES string of the molecule is O=C1CCCC[C@H]1Sc1nc2ccccc2o1. The number of thioether (sulfide) groups is 1. The highest BCUT2D eigenvalue weighted by atomic mass is 32.2. The summed E-state index contributed by atoms with van der Waals surface area (Å²) < 4.78 is 5.62. The number of hydrogen-bond acceptors (Lipinski definition) is 4. The summed E-state index contributed by atoms with van der Waals surface area (Å²) in [5, 5.41) is 0.656. The maximum Gasteiger partial charge on any atom is 0.257 e. The van der Waals surface area contributed by atoms with Crippen LogP contribution in [0.1, 0.15) is 25.7 Å². The van der Waals surface area contributed by atoms with E-state index in [1.165, 1.54) is 11.8 Å². The number of benzene rings is 1. The zero-order valence-electron chi connectivity index (χ0n) is 9.39. The molecule has 0 amide bonds. The van der Waals surface area contributed by atoms with Crippen LogP contribution in [0.4, 0.5) is 0 Å². The van der Waals surface area contributed by atoms with Crippen molar-refractivity contribution in [1.82, 2.24) is 4.98 Å². The van der Waals surface area contributed by atoms with Gasteiger partial charge in [0.2, 0.25) is 0 Å². The number of fused-ring (bicyclic) bond motifs is 1. The Bertz CT molecular complexity index is 516. The number of carbonyl (C=O) groups is 1. The minimum atomic E-state index is 0.0387. The lowest BCUT2D eigenvalue weighted by molar-refractivity contribution is -0.119. The van der Waals surface area contributed by atoms with E-state index in [2.05, 4.69) is 4.98 Å². The summed E-state index contributed by atoms with van der Waals surface area (Å²) in [4.78, 5) is 16.1. The fraction of sp³-hybridized carbons (Fsp3) is 0.385. The van der Waals surface area contributed by atoms with E-state index in [1.807, 2.05) is 24.3 Å². The lowest BCUT2D eigenvalue weighted by atomic mass is 9.99. The Kier molecular flexibility index (Phi) is 2.89. The van der Waals surface area contributed by atoms with Crippen LogP contribution in [0.5, 0.6) is 0 Å². The number of ketones is 1. The summed E-state index contributed by atoms with van der Waals surface area (Å²) in [7, 11) is 0. The predicted molar refractivity (Wildman–Crippen MR) is 67.1 cm³/mol. The van der Waals surface area contributed by atoms with Crippen molar-refractivity contribution >= 4 is 28.6 Å². The molecule has 3 nitrogen and oxygen atoms in total. The lowest BCUT2D eigenvalue weighted by Crippen LogP contribution is -2.21. The van der Waals surface area contributed by atoms with E-state index in [9.17, 15) is 4.79 Å². The molecular weight excluding hydrogens is 234 g/mol. The van der Waals surface area contributed by atoms with Crippen molar-refractivity contribution in [2.24, 2.45) is 0 Å². The van der Waals surface area contributed by atoms with Gasteiger partial charge in [0.25, 0.3) is 5.22 Å². The number of hydrogen-bond donors (Lipinski definition) is 0. The average Bonchev–Trinajstić information content (AvgIpc) is 2.74. The van der Waals surface area contributed by atoms with Gasteiger partial charge in [0.15, 0.2) is 5.58 Å². The molecule has 4 heteroatoms. The van der Waals surface area contributed by atoms with Gasteiger partial charge >= 0.3 is 0 Å². The fourth-order valence-electron chi connectivity index (χ4n) is 2.10. The maximum atomic E-state index is 11.7. The zero-order valence-corrected chi connectivity index (χ0v) is 10.2. The summed E-state index contributed by atoms with van der Waals surface area (Å²) in [6.45, 7) is 0. The van der Waals surface area contributed by atoms with Gasteiger partial charge in [-0.15, -0.1) is 0 Å². The van der Waals surface area contributed by atoms with Crippen LogP contribution >= 0.6 is 11.8 Å². The number of carbonyl (C=O) groups excluding carboxylic acids is 1. The molecule has 0 unspecified atom stereocenters. The Morgan fingerprint density at radius 3 is 3.00 bits per heavy atom. The molecule has 0 N–H and O–H groups in total. The molecule has 1 saturated carbocycles. The summed E-state index contributed by atoms with van der Waals surface area (Å²) >= 11 is 1.47. The van der Waals surface area contributed by atoms with Crippen LogP contribution in [0, 0.1) is 0 Å². The second kappa shape index (κ2) is 4.53. The molecular formula is C13H13NO2S. The number of rotatable bonds is 2. The van der Waals surface area contributed by atoms with Crippen LogP contribution in [0.15, 0.2) is 33.9 Å². The van der Waals surface area contributed by atoms with Gasteiger partial charge in [-0.3, -0.25) is 4.79 Å². The van der Waals surface area contributed by atoms with E-state index in [0.29, 0.717) is 17.4 Å². The van der Waals surface area contributed by atoms with Gasteiger partial charge < -0.3 is 4.42 Å². The van der Waals surface area contributed by atoms with Crippen molar-refractivity contribution in [3.63, 3.8) is 0 Å². The molecule has 0 bridgehead atoms. The van der Waals surface area contributed by atoms with E-state index in [0.717, 1.165) is 30.4 Å². The summed E-state index contributed by atoms with van der Waals surface area (Å²) in [6.07, 6.45) is 3.81. The third-order valence-electron chi connectivity index (χ3n) is 3.02. The molecule has 1 aromatic heterocycles. The quantitative estimate of drug-likeness (QED) is 0.815. The monoisotopic (exact) mass is 247 g/mol. The second-order valence-corrected chi connectivity index (χ2v) is 5.42. The van der Waals surface area contributed by atoms with Crippen LogP contribution in [0.3, 0.4) is 0 Å². The standard InChI is InChI=1S/C13H13NO2S/c15-10-6-2-4-8-12(10)17-13-14-9-5-1-3-7-11(9)16-13/h1,3,5,7,12H,2,4,6,8H2/t12-/m1/s1. The average molecular weight is 247 g/mol. The molecule has 17 heavy (non-hydrogen) atoms. The molecule has 3 rings (SSSR count). The molecule has 1 fully saturated rings. The first-order chi connectivity index (χ1) is 8.33. The molecule has 0 aliphatic heterocycles. The highest BCUT2D eigenvalue weighted by Crippen LogP contribution is 2.32. The Morgan fingerprint density at radius 1 is 1.29 bits per heavy atom. The van der Waals surface area contributed by atoms with Crippen LogP contribution in [-0.2, 0) is 4.79 Å². The van der Waals surface area contributed by atoms with Crippen molar-refractivity contribution in [3.8, 4) is 0 Å². The van der Waals surface area contributed by atoms with Gasteiger partial charge in [0.05, 0.1) is 5.25 Å². The first-order valence-electron chi connectivity index (χ1n) is 5.88. The number of aromatic nitrogens is 1. The van der Waals surface area contributed by atoms with Crippen LogP contribution < -0.4 is 0 Å². The minimum Gasteiger partial charge on any atom is -0.431 e. The summed E-state index contributed by atoms with van der Waals surface area (Å²) in [5.74, 6) is 0.337. The normalized spacial score (nSPS) is 20.9. The molecule has 1 aromatic carbocycles. The van der Waals surface area contributed by atoms with Crippen molar-refractivity contribution in [1.29, 1.82) is 0 Å². The number of para-hydroxylation sites is 2. The number of oxazole rings is 1. The Morgan fingerprint density at radius 2 is 2.18 bits per heavy atom. The molecule has 0 spiro atoms. The van der Waals surface area contributed by atoms with Crippen molar-refractivity contribution in [2.45, 2.75) is 36.2 Å². The Balaban J connectivity index is 1.82. The first-order valence-corrected chi connectivity index (χ1v) is 6.76. The van der Waals surface area contributed by atoms with E-state index in [1.54, 1.807) is 0 Å². The lowest BCUT2D eigenvalue weighted by Gasteiger charge is -2.17. The van der Waals surface area contributed by atoms with Crippen molar-refractivity contribution in [3.05, 3.63) is 24.3 Å². The van der Waals surface area contributed by atoms with Crippen molar-refractivity contribution < 1.29 is 9.21 Å². The van der Waals surface area contributed by atoms with Gasteiger partial charge in [-0.25, -0.2) is 4.98 Å². The minimum absolute atomic E-state index is 0.0387. The van der Waals surface area contributed by atoms with E-state index >= 15 is 0 Å². The van der Waals surface area contributed by atoms with Crippen molar-refractivity contribution in [2.75, 3.05) is 0 Å².